The molecule has 0 amide bonds. The van der Waals surface area contributed by atoms with E-state index in [0.29, 0.717) is 11.5 Å². The van der Waals surface area contributed by atoms with Crippen LogP contribution in [0.5, 0.6) is 0 Å². The quantitative estimate of drug-likeness (QED) is 0.783. The fourth-order valence-electron chi connectivity index (χ4n) is 4.43. The van der Waals surface area contributed by atoms with Crippen LogP contribution in [0.2, 0.25) is 0 Å². The van der Waals surface area contributed by atoms with Crippen molar-refractivity contribution in [3.8, 4) is 0 Å². The summed E-state index contributed by atoms with van der Waals surface area (Å²) in [5.74, 6) is 0.995. The number of fused-ring (bicyclic) bond motifs is 1. The fourth-order valence-corrected chi connectivity index (χ4v) is 4.43. The summed E-state index contributed by atoms with van der Waals surface area (Å²) in [6.07, 6.45) is 5.33. The number of benzene rings is 1. The molecule has 1 unspecified atom stereocenters. The van der Waals surface area contributed by atoms with Gasteiger partial charge in [-0.3, -0.25) is 4.90 Å². The average molecular weight is 357 g/mol. The van der Waals surface area contributed by atoms with Crippen LogP contribution in [0.1, 0.15) is 39.5 Å². The van der Waals surface area contributed by atoms with Gasteiger partial charge in [0.25, 0.3) is 0 Å². The lowest BCUT2D eigenvalue weighted by Crippen LogP contribution is -2.47. The van der Waals surface area contributed by atoms with E-state index >= 15 is 0 Å². The zero-order chi connectivity index (χ0) is 18.0. The summed E-state index contributed by atoms with van der Waals surface area (Å²) in [5.41, 5.74) is 1.32. The third kappa shape index (κ3) is 3.47. The van der Waals surface area contributed by atoms with Crippen molar-refractivity contribution in [3.63, 3.8) is 0 Å². The Morgan fingerprint density at radius 1 is 1.12 bits per heavy atom. The molecule has 142 valence electrons. The van der Waals surface area contributed by atoms with Crippen LogP contribution in [0.25, 0.3) is 11.0 Å². The minimum atomic E-state index is 0.442. The Hall–Kier alpha value is -1.59. The molecule has 4 rings (SSSR count). The Morgan fingerprint density at radius 3 is 2.62 bits per heavy atom. The third-order valence-corrected chi connectivity index (χ3v) is 6.58. The maximum absolute atomic E-state index is 6.11. The first-order chi connectivity index (χ1) is 12.7. The molecule has 1 atom stereocenters. The molecule has 0 spiro atoms. The van der Waals surface area contributed by atoms with Gasteiger partial charge in [0.2, 0.25) is 0 Å². The van der Waals surface area contributed by atoms with Crippen molar-refractivity contribution in [2.45, 2.75) is 45.6 Å². The highest BCUT2D eigenvalue weighted by Crippen LogP contribution is 2.39. The van der Waals surface area contributed by atoms with Gasteiger partial charge in [-0.25, -0.2) is 0 Å². The second-order valence-corrected chi connectivity index (χ2v) is 7.96. The molecule has 3 heterocycles. The Kier molecular flexibility index (Phi) is 5.18. The number of nitrogens with zero attached hydrogens (tertiary/aromatic N) is 3. The van der Waals surface area contributed by atoms with Gasteiger partial charge < -0.3 is 14.2 Å². The van der Waals surface area contributed by atoms with E-state index in [1.165, 1.54) is 19.3 Å². The summed E-state index contributed by atoms with van der Waals surface area (Å²) in [6, 6.07) is 8.12. The van der Waals surface area contributed by atoms with Gasteiger partial charge in [-0.05, 0) is 43.2 Å². The summed E-state index contributed by atoms with van der Waals surface area (Å²) < 4.78 is 11.6. The van der Waals surface area contributed by atoms with E-state index in [1.54, 1.807) is 0 Å². The highest BCUT2D eigenvalue weighted by molar-refractivity contribution is 5.88. The largest absolute Gasteiger partial charge is 0.378 e. The number of rotatable bonds is 6. The molecule has 0 radical (unpaired) electrons. The van der Waals surface area contributed by atoms with Gasteiger partial charge in [0.1, 0.15) is 0 Å². The summed E-state index contributed by atoms with van der Waals surface area (Å²) in [7, 11) is 0. The molecule has 2 fully saturated rings. The van der Waals surface area contributed by atoms with Crippen LogP contribution in [0.3, 0.4) is 0 Å². The number of para-hydroxylation sites is 1. The average Bonchev–Trinajstić information content (AvgIpc) is 3.32. The van der Waals surface area contributed by atoms with E-state index in [4.69, 9.17) is 9.26 Å². The van der Waals surface area contributed by atoms with Crippen molar-refractivity contribution >= 4 is 16.8 Å². The van der Waals surface area contributed by atoms with Crippen molar-refractivity contribution in [1.82, 2.24) is 10.1 Å². The molecular weight excluding hydrogens is 326 g/mol. The molecule has 2 saturated heterocycles. The van der Waals surface area contributed by atoms with Crippen LogP contribution < -0.4 is 4.90 Å². The van der Waals surface area contributed by atoms with Gasteiger partial charge in [0.05, 0.1) is 18.1 Å². The van der Waals surface area contributed by atoms with Crippen LogP contribution in [0, 0.1) is 5.41 Å². The second-order valence-electron chi connectivity index (χ2n) is 7.96. The van der Waals surface area contributed by atoms with Crippen LogP contribution in [-0.4, -0.2) is 55.5 Å². The van der Waals surface area contributed by atoms with Crippen molar-refractivity contribution in [1.29, 1.82) is 0 Å². The predicted octanol–water partition coefficient (Wildman–Crippen LogP) is 3.94. The molecule has 0 bridgehead atoms. The van der Waals surface area contributed by atoms with Crippen molar-refractivity contribution in [2.75, 3.05) is 44.2 Å². The summed E-state index contributed by atoms with van der Waals surface area (Å²) >= 11 is 0. The van der Waals surface area contributed by atoms with E-state index in [2.05, 4.69) is 34.9 Å². The van der Waals surface area contributed by atoms with Crippen molar-refractivity contribution < 1.29 is 9.26 Å². The monoisotopic (exact) mass is 357 g/mol. The molecule has 5 heteroatoms. The topological polar surface area (TPSA) is 41.7 Å². The molecule has 5 nitrogen and oxygen atoms in total. The lowest BCUT2D eigenvalue weighted by molar-refractivity contribution is 0.0784. The number of anilines is 1. The molecular formula is C21H31N3O2. The summed E-state index contributed by atoms with van der Waals surface area (Å²) in [6.45, 7) is 10.9. The highest BCUT2D eigenvalue weighted by atomic mass is 16.5. The molecule has 2 aliphatic heterocycles. The number of hydrogen-bond acceptors (Lipinski definition) is 5. The van der Waals surface area contributed by atoms with Crippen molar-refractivity contribution in [2.24, 2.45) is 5.41 Å². The molecule has 2 aliphatic rings. The first-order valence-electron chi connectivity index (χ1n) is 10.2. The minimum Gasteiger partial charge on any atom is -0.378 e. The second kappa shape index (κ2) is 7.57. The van der Waals surface area contributed by atoms with Gasteiger partial charge in [-0.1, -0.05) is 31.1 Å². The third-order valence-electron chi connectivity index (χ3n) is 6.58. The zero-order valence-electron chi connectivity index (χ0n) is 16.1. The molecule has 0 N–H and O–H groups in total. The van der Waals surface area contributed by atoms with Gasteiger partial charge in [-0.2, -0.15) is 0 Å². The summed E-state index contributed by atoms with van der Waals surface area (Å²) in [4.78, 5) is 4.92. The standard InChI is InChI=1S/C21H31N3O2/c1-3-21(4-2)15-17(25-16-21)9-10-23-11-13-24(14-12-23)20-18-7-5-6-8-19(18)26-22-20/h5-8,17H,3-4,9-16H2,1-2H3. The molecule has 1 aromatic carbocycles. The normalized spacial score (nSPS) is 23.8. The maximum Gasteiger partial charge on any atom is 0.180 e. The number of aromatic nitrogens is 1. The first-order valence-corrected chi connectivity index (χ1v) is 10.2. The van der Waals surface area contributed by atoms with Gasteiger partial charge >= 0.3 is 0 Å². The minimum absolute atomic E-state index is 0.442. The number of hydrogen-bond donors (Lipinski definition) is 0. The van der Waals surface area contributed by atoms with E-state index in [0.717, 1.165) is 62.5 Å². The van der Waals surface area contributed by atoms with Gasteiger partial charge in [0, 0.05) is 32.7 Å². The van der Waals surface area contributed by atoms with E-state index in [9.17, 15) is 0 Å². The SMILES string of the molecule is CCC1(CC)COC(CCN2CCN(c3noc4ccccc34)CC2)C1. The zero-order valence-corrected chi connectivity index (χ0v) is 16.1. The Labute approximate surface area is 156 Å². The molecule has 2 aromatic rings. The van der Waals surface area contributed by atoms with E-state index in [-0.39, 0.29) is 0 Å². The Bertz CT molecular complexity index is 717. The number of piperazine rings is 1. The van der Waals surface area contributed by atoms with Crippen LogP contribution in [0.15, 0.2) is 28.8 Å². The van der Waals surface area contributed by atoms with Gasteiger partial charge in [-0.15, -0.1) is 0 Å². The number of ether oxygens (including phenoxy) is 1. The molecule has 26 heavy (non-hydrogen) atoms. The van der Waals surface area contributed by atoms with Crippen LogP contribution >= 0.6 is 0 Å². The highest BCUT2D eigenvalue weighted by Gasteiger charge is 2.37. The maximum atomic E-state index is 6.11. The Morgan fingerprint density at radius 2 is 1.88 bits per heavy atom. The van der Waals surface area contributed by atoms with Crippen LogP contribution in [0.4, 0.5) is 5.82 Å². The first kappa shape index (κ1) is 17.8. The smallest absolute Gasteiger partial charge is 0.180 e. The predicted molar refractivity (Wildman–Crippen MR) is 105 cm³/mol. The van der Waals surface area contributed by atoms with Crippen molar-refractivity contribution in [3.05, 3.63) is 24.3 Å². The molecule has 0 saturated carbocycles. The van der Waals surface area contributed by atoms with Gasteiger partial charge in [0.15, 0.2) is 11.4 Å². The molecule has 0 aliphatic carbocycles. The van der Waals surface area contributed by atoms with E-state index in [1.807, 2.05) is 18.2 Å². The van der Waals surface area contributed by atoms with E-state index < -0.39 is 0 Å². The lowest BCUT2D eigenvalue weighted by atomic mass is 9.80. The lowest BCUT2D eigenvalue weighted by Gasteiger charge is -2.35. The Balaban J connectivity index is 1.27. The summed E-state index contributed by atoms with van der Waals surface area (Å²) in [5, 5.41) is 5.42. The molecule has 1 aromatic heterocycles. The fraction of sp³-hybridized carbons (Fsp3) is 0.667. The van der Waals surface area contributed by atoms with Crippen LogP contribution in [-0.2, 0) is 4.74 Å².